The number of nitrogens with one attached hydrogen (secondary N) is 1. The summed E-state index contributed by atoms with van der Waals surface area (Å²) in [6, 6.07) is 8.34. The highest BCUT2D eigenvalue weighted by Crippen LogP contribution is 2.43. The van der Waals surface area contributed by atoms with Gasteiger partial charge in [0.15, 0.2) is 0 Å². The lowest BCUT2D eigenvalue weighted by atomic mass is 9.84. The predicted molar refractivity (Wildman–Crippen MR) is 90.7 cm³/mol. The van der Waals surface area contributed by atoms with Crippen LogP contribution < -0.4 is 5.32 Å². The summed E-state index contributed by atoms with van der Waals surface area (Å²) < 4.78 is 15.5. The summed E-state index contributed by atoms with van der Waals surface area (Å²) >= 11 is 0. The van der Waals surface area contributed by atoms with Gasteiger partial charge in [0.05, 0.1) is 24.9 Å². The van der Waals surface area contributed by atoms with Crippen molar-refractivity contribution in [3.8, 4) is 0 Å². The number of hydrogen-bond donors (Lipinski definition) is 1. The number of carbonyl (C=O) groups excluding carboxylic acids is 3. The second-order valence-corrected chi connectivity index (χ2v) is 6.11. The lowest BCUT2D eigenvalue weighted by Crippen LogP contribution is -2.41. The van der Waals surface area contributed by atoms with Gasteiger partial charge < -0.3 is 14.2 Å². The summed E-state index contributed by atoms with van der Waals surface area (Å²) in [5.74, 6) is -1.51. The highest BCUT2D eigenvalue weighted by molar-refractivity contribution is 6.02. The first-order valence-electron chi connectivity index (χ1n) is 8.18. The Morgan fingerprint density at radius 3 is 2.62 bits per heavy atom. The molecule has 136 valence electrons. The Hall–Kier alpha value is -3.09. The van der Waals surface area contributed by atoms with Crippen LogP contribution in [-0.2, 0) is 19.0 Å². The molecule has 1 heterocycles. The number of hydrogen-bond acceptors (Lipinski definition) is 6. The Kier molecular flexibility index (Phi) is 5.06. The van der Waals surface area contributed by atoms with Gasteiger partial charge in [0.2, 0.25) is 0 Å². The second-order valence-electron chi connectivity index (χ2n) is 6.11. The molecule has 7 nitrogen and oxygen atoms in total. The summed E-state index contributed by atoms with van der Waals surface area (Å²) in [4.78, 5) is 36.0. The van der Waals surface area contributed by atoms with E-state index in [2.05, 4.69) is 5.32 Å². The molecule has 0 saturated heterocycles. The van der Waals surface area contributed by atoms with Crippen LogP contribution in [0.2, 0.25) is 0 Å². The molecular formula is C19H19NO6. The number of allylic oxidation sites excluding steroid dienone is 1. The highest BCUT2D eigenvalue weighted by atomic mass is 16.7. The molecule has 3 rings (SSSR count). The Balaban J connectivity index is 1.68. The maximum atomic E-state index is 12.1. The molecule has 1 aliphatic carbocycles. The number of carbonyl (C=O) groups is 3. The summed E-state index contributed by atoms with van der Waals surface area (Å²) in [5, 5.41) is 2.17. The molecule has 26 heavy (non-hydrogen) atoms. The lowest BCUT2D eigenvalue weighted by molar-refractivity contribution is -0.141. The number of imide groups is 1. The fourth-order valence-corrected chi connectivity index (χ4v) is 3.26. The van der Waals surface area contributed by atoms with Crippen LogP contribution in [0.4, 0.5) is 4.79 Å². The van der Waals surface area contributed by atoms with Gasteiger partial charge in [-0.25, -0.2) is 9.59 Å². The molecule has 0 radical (unpaired) electrons. The number of esters is 1. The Morgan fingerprint density at radius 1 is 1.19 bits per heavy atom. The number of rotatable bonds is 3. The van der Waals surface area contributed by atoms with Gasteiger partial charge in [-0.05, 0) is 25.5 Å². The topological polar surface area (TPSA) is 90.9 Å². The maximum Gasteiger partial charge on any atom is 0.417 e. The highest BCUT2D eigenvalue weighted by Gasteiger charge is 2.44. The zero-order valence-electron chi connectivity index (χ0n) is 14.4. The average molecular weight is 357 g/mol. The van der Waals surface area contributed by atoms with E-state index in [1.54, 1.807) is 30.3 Å². The molecule has 2 aliphatic rings. The van der Waals surface area contributed by atoms with Crippen molar-refractivity contribution >= 4 is 18.0 Å². The number of alkyl carbamates (subject to hydrolysis) is 1. The van der Waals surface area contributed by atoms with Gasteiger partial charge >= 0.3 is 12.1 Å². The standard InChI is InChI=1S/C19H19NO6/c1-11-8-9-13-14(17(22)24-2)10-25-18(15(11)13)26-19(23)20-16(21)12-6-4-3-5-7-12/h3-8,10,13,15,18H,9H2,1-2H3,(H,20,21,23). The summed E-state index contributed by atoms with van der Waals surface area (Å²) in [6.07, 6.45) is 2.05. The third-order valence-electron chi connectivity index (χ3n) is 4.57. The Morgan fingerprint density at radius 2 is 1.92 bits per heavy atom. The van der Waals surface area contributed by atoms with E-state index in [1.165, 1.54) is 13.4 Å². The van der Waals surface area contributed by atoms with Gasteiger partial charge in [0, 0.05) is 11.5 Å². The zero-order valence-corrected chi connectivity index (χ0v) is 14.4. The number of fused-ring (bicyclic) bond motifs is 1. The van der Waals surface area contributed by atoms with Gasteiger partial charge in [-0.3, -0.25) is 10.1 Å². The summed E-state index contributed by atoms with van der Waals surface area (Å²) in [6.45, 7) is 1.89. The quantitative estimate of drug-likeness (QED) is 0.660. The molecule has 0 fully saturated rings. The fourth-order valence-electron chi connectivity index (χ4n) is 3.26. The SMILES string of the molecule is COC(=O)C1=COC(OC(=O)NC(=O)c2ccccc2)C2C(C)=CCC12. The molecule has 0 bridgehead atoms. The Bertz CT molecular complexity index is 782. The number of benzene rings is 1. The van der Waals surface area contributed by atoms with Crippen LogP contribution in [-0.4, -0.2) is 31.4 Å². The van der Waals surface area contributed by atoms with Crippen molar-refractivity contribution in [2.75, 3.05) is 7.11 Å². The first-order chi connectivity index (χ1) is 12.5. The monoisotopic (exact) mass is 357 g/mol. The van der Waals surface area contributed by atoms with Crippen LogP contribution in [0.5, 0.6) is 0 Å². The molecule has 1 aromatic carbocycles. The molecule has 1 aliphatic heterocycles. The minimum absolute atomic E-state index is 0.182. The van der Waals surface area contributed by atoms with E-state index in [4.69, 9.17) is 14.2 Å². The molecular weight excluding hydrogens is 338 g/mol. The second kappa shape index (κ2) is 7.43. The van der Waals surface area contributed by atoms with E-state index in [0.717, 1.165) is 5.57 Å². The van der Waals surface area contributed by atoms with E-state index in [9.17, 15) is 14.4 Å². The molecule has 0 spiro atoms. The largest absolute Gasteiger partial charge is 0.466 e. The average Bonchev–Trinajstić information content (AvgIpc) is 3.04. The van der Waals surface area contributed by atoms with E-state index < -0.39 is 24.3 Å². The lowest BCUT2D eigenvalue weighted by Gasteiger charge is -2.33. The van der Waals surface area contributed by atoms with Crippen molar-refractivity contribution in [2.24, 2.45) is 11.8 Å². The molecule has 1 N–H and O–H groups in total. The predicted octanol–water partition coefficient (Wildman–Crippen LogP) is 2.55. The van der Waals surface area contributed by atoms with Gasteiger partial charge in [-0.15, -0.1) is 0 Å². The minimum atomic E-state index is -0.921. The van der Waals surface area contributed by atoms with Crippen molar-refractivity contribution in [3.05, 3.63) is 59.4 Å². The number of ether oxygens (including phenoxy) is 3. The smallest absolute Gasteiger partial charge is 0.417 e. The van der Waals surface area contributed by atoms with Crippen molar-refractivity contribution in [3.63, 3.8) is 0 Å². The van der Waals surface area contributed by atoms with E-state index >= 15 is 0 Å². The Labute approximate surface area is 150 Å². The zero-order chi connectivity index (χ0) is 18.7. The molecule has 0 saturated carbocycles. The molecule has 7 heteroatoms. The number of amides is 2. The van der Waals surface area contributed by atoms with Crippen LogP contribution in [0, 0.1) is 11.8 Å². The van der Waals surface area contributed by atoms with E-state index in [1.807, 2.05) is 13.0 Å². The molecule has 2 amide bonds. The van der Waals surface area contributed by atoms with Gasteiger partial charge in [-0.2, -0.15) is 0 Å². The molecule has 1 aromatic rings. The first-order valence-corrected chi connectivity index (χ1v) is 8.18. The molecule has 3 unspecified atom stereocenters. The summed E-state index contributed by atoms with van der Waals surface area (Å²) in [5.41, 5.74) is 1.71. The number of methoxy groups -OCH3 is 1. The van der Waals surface area contributed by atoms with Crippen LogP contribution >= 0.6 is 0 Å². The fraction of sp³-hybridized carbons (Fsp3) is 0.316. The third-order valence-corrected chi connectivity index (χ3v) is 4.57. The van der Waals surface area contributed by atoms with Gasteiger partial charge in [-0.1, -0.05) is 29.8 Å². The van der Waals surface area contributed by atoms with Gasteiger partial charge in [0.25, 0.3) is 12.2 Å². The van der Waals surface area contributed by atoms with Crippen molar-refractivity contribution < 1.29 is 28.6 Å². The van der Waals surface area contributed by atoms with E-state index in [-0.39, 0.29) is 11.8 Å². The molecule has 3 atom stereocenters. The molecule has 0 aromatic heterocycles. The minimum Gasteiger partial charge on any atom is -0.466 e. The van der Waals surface area contributed by atoms with E-state index in [0.29, 0.717) is 17.6 Å². The summed E-state index contributed by atoms with van der Waals surface area (Å²) in [7, 11) is 1.30. The maximum absolute atomic E-state index is 12.1. The van der Waals surface area contributed by atoms with Crippen LogP contribution in [0.3, 0.4) is 0 Å². The normalized spacial score (nSPS) is 23.7. The van der Waals surface area contributed by atoms with Crippen molar-refractivity contribution in [1.29, 1.82) is 0 Å². The first kappa shape index (κ1) is 17.7. The third kappa shape index (κ3) is 3.46. The van der Waals surface area contributed by atoms with Crippen LogP contribution in [0.25, 0.3) is 0 Å². The van der Waals surface area contributed by atoms with Crippen LogP contribution in [0.1, 0.15) is 23.7 Å². The van der Waals surface area contributed by atoms with Gasteiger partial charge in [0.1, 0.15) is 0 Å². The van der Waals surface area contributed by atoms with Crippen molar-refractivity contribution in [1.82, 2.24) is 5.32 Å². The van der Waals surface area contributed by atoms with Crippen molar-refractivity contribution in [2.45, 2.75) is 19.6 Å². The van der Waals surface area contributed by atoms with Crippen LogP contribution in [0.15, 0.2) is 53.8 Å².